The van der Waals surface area contributed by atoms with Crippen molar-refractivity contribution in [3.8, 4) is 17.2 Å². The molecule has 0 aromatic carbocycles. The van der Waals surface area contributed by atoms with Crippen LogP contribution in [0.1, 0.15) is 30.1 Å². The van der Waals surface area contributed by atoms with Gasteiger partial charge in [-0.2, -0.15) is 15.5 Å². The van der Waals surface area contributed by atoms with E-state index in [9.17, 15) is 9.65 Å². The first-order chi connectivity index (χ1) is 17.1. The summed E-state index contributed by atoms with van der Waals surface area (Å²) in [7, 11) is 1.74. The van der Waals surface area contributed by atoms with E-state index < -0.39 is 5.82 Å². The highest BCUT2D eigenvalue weighted by Crippen LogP contribution is 2.37. The third-order valence-electron chi connectivity index (χ3n) is 6.50. The van der Waals surface area contributed by atoms with Gasteiger partial charge >= 0.3 is 0 Å². The monoisotopic (exact) mass is 491 g/mol. The van der Waals surface area contributed by atoms with Gasteiger partial charge in [-0.15, -0.1) is 0 Å². The van der Waals surface area contributed by atoms with Crippen LogP contribution in [-0.4, -0.2) is 62.6 Å². The summed E-state index contributed by atoms with van der Waals surface area (Å²) in [4.78, 5) is 7.32. The topological polar surface area (TPSA) is 84.3 Å². The minimum atomic E-state index is -0.403. The lowest BCUT2D eigenvalue weighted by Gasteiger charge is -2.32. The van der Waals surface area contributed by atoms with Crippen molar-refractivity contribution in [1.82, 2.24) is 29.3 Å². The summed E-state index contributed by atoms with van der Waals surface area (Å²) < 4.78 is 23.4. The lowest BCUT2D eigenvalue weighted by molar-refractivity contribution is 0.119. The van der Waals surface area contributed by atoms with Crippen LogP contribution in [0.15, 0.2) is 52.9 Å². The fourth-order valence-electron chi connectivity index (χ4n) is 4.62. The molecule has 0 atom stereocenters. The van der Waals surface area contributed by atoms with Gasteiger partial charge in [-0.05, 0) is 38.0 Å². The molecule has 1 aliphatic rings. The molecule has 0 unspecified atom stereocenters. The van der Waals surface area contributed by atoms with E-state index in [0.717, 1.165) is 55.9 Å². The largest absolute Gasteiger partial charge is 0.383 e. The quantitative estimate of drug-likeness (QED) is 0.380. The number of aromatic nitrogens is 5. The van der Waals surface area contributed by atoms with Crippen molar-refractivity contribution in [3.05, 3.63) is 60.1 Å². The molecule has 0 bridgehead atoms. The van der Waals surface area contributed by atoms with Crippen molar-refractivity contribution in [3.63, 3.8) is 0 Å². The van der Waals surface area contributed by atoms with Gasteiger partial charge in [0.25, 0.3) is 0 Å². The first-order valence-corrected chi connectivity index (χ1v) is 12.4. The van der Waals surface area contributed by atoms with E-state index in [-0.39, 0.29) is 5.03 Å². The number of likely N-dealkylation sites (tertiary alicyclic amines) is 1. The van der Waals surface area contributed by atoms with Crippen LogP contribution in [0.5, 0.6) is 0 Å². The van der Waals surface area contributed by atoms with Gasteiger partial charge in [0, 0.05) is 60.9 Å². The molecule has 0 saturated carbocycles. The number of methoxy groups -OCH3 is 1. The molecule has 5 heterocycles. The Kier molecular flexibility index (Phi) is 6.81. The van der Waals surface area contributed by atoms with Crippen molar-refractivity contribution in [2.24, 2.45) is 0 Å². The molecule has 0 aliphatic carbocycles. The van der Waals surface area contributed by atoms with Crippen molar-refractivity contribution >= 4 is 17.3 Å². The molecule has 4 aromatic heterocycles. The number of hydrogen-bond donors (Lipinski definition) is 0. The number of rotatable bonds is 7. The normalized spacial score (nSPS) is 15.0. The van der Waals surface area contributed by atoms with Crippen LogP contribution in [0.3, 0.4) is 0 Å². The first-order valence-electron chi connectivity index (χ1n) is 11.5. The standard InChI is InChI=1S/C25H26FN7OS/c1-17-21(15-30-33(17)20-5-8-31(9-6-20)10-11-34-2)18-12-23(35-25-22(26)4-3-7-28-25)24-19(13-27)14-29-32(24)16-18/h3-4,7,12,14-16,20H,5-6,8-11H2,1-2H3. The zero-order chi connectivity index (χ0) is 24.4. The zero-order valence-corrected chi connectivity index (χ0v) is 20.5. The van der Waals surface area contributed by atoms with Crippen LogP contribution in [-0.2, 0) is 4.74 Å². The molecule has 0 spiro atoms. The molecule has 1 fully saturated rings. The Balaban J connectivity index is 1.48. The Bertz CT molecular complexity index is 1380. The SMILES string of the molecule is COCCN1CCC(n2ncc(-c3cc(Sc4ncccc4F)c4c(C#N)cnn4c3)c2C)CC1. The molecule has 4 aromatic rings. The molecular weight excluding hydrogens is 465 g/mol. The zero-order valence-electron chi connectivity index (χ0n) is 19.7. The second kappa shape index (κ2) is 10.2. The van der Waals surface area contributed by atoms with E-state index in [4.69, 9.17) is 9.84 Å². The maximum atomic E-state index is 14.4. The van der Waals surface area contributed by atoms with Gasteiger partial charge in [0.1, 0.15) is 11.1 Å². The van der Waals surface area contributed by atoms with Crippen molar-refractivity contribution < 1.29 is 9.13 Å². The van der Waals surface area contributed by atoms with E-state index in [1.807, 2.05) is 18.5 Å². The van der Waals surface area contributed by atoms with Gasteiger partial charge in [0.15, 0.2) is 5.82 Å². The molecule has 180 valence electrons. The van der Waals surface area contributed by atoms with Gasteiger partial charge in [0.2, 0.25) is 0 Å². The van der Waals surface area contributed by atoms with Crippen LogP contribution < -0.4 is 0 Å². The second-order valence-electron chi connectivity index (χ2n) is 8.60. The average molecular weight is 492 g/mol. The summed E-state index contributed by atoms with van der Waals surface area (Å²) in [6.07, 6.45) is 8.95. The molecule has 1 saturated heterocycles. The number of pyridine rings is 2. The summed E-state index contributed by atoms with van der Waals surface area (Å²) in [5.41, 5.74) is 4.05. The van der Waals surface area contributed by atoms with E-state index >= 15 is 0 Å². The maximum Gasteiger partial charge on any atom is 0.155 e. The van der Waals surface area contributed by atoms with E-state index in [2.05, 4.69) is 32.7 Å². The van der Waals surface area contributed by atoms with E-state index in [0.29, 0.717) is 22.0 Å². The van der Waals surface area contributed by atoms with Gasteiger partial charge in [-0.3, -0.25) is 4.68 Å². The fraction of sp³-hybridized carbons (Fsp3) is 0.360. The van der Waals surface area contributed by atoms with Crippen LogP contribution in [0.4, 0.5) is 4.39 Å². The van der Waals surface area contributed by atoms with Gasteiger partial charge in [0.05, 0.1) is 36.1 Å². The van der Waals surface area contributed by atoms with Gasteiger partial charge < -0.3 is 9.64 Å². The summed E-state index contributed by atoms with van der Waals surface area (Å²) in [6, 6.07) is 7.44. The number of nitriles is 1. The van der Waals surface area contributed by atoms with Crippen LogP contribution in [0.25, 0.3) is 16.6 Å². The smallest absolute Gasteiger partial charge is 0.155 e. The van der Waals surface area contributed by atoms with Gasteiger partial charge in [-0.25, -0.2) is 13.9 Å². The molecule has 0 radical (unpaired) electrons. The van der Waals surface area contributed by atoms with Gasteiger partial charge in [-0.1, -0.05) is 11.8 Å². The van der Waals surface area contributed by atoms with Crippen molar-refractivity contribution in [1.29, 1.82) is 5.26 Å². The molecule has 0 N–H and O–H groups in total. The second-order valence-corrected chi connectivity index (χ2v) is 9.63. The first kappa shape index (κ1) is 23.5. The molecule has 1 aliphatic heterocycles. The third-order valence-corrected chi connectivity index (χ3v) is 7.52. The molecule has 0 amide bonds. The summed E-state index contributed by atoms with van der Waals surface area (Å²) in [5, 5.41) is 19.0. The lowest BCUT2D eigenvalue weighted by atomic mass is 10.0. The minimum Gasteiger partial charge on any atom is -0.383 e. The van der Waals surface area contributed by atoms with Crippen LogP contribution in [0, 0.1) is 24.1 Å². The number of hydrogen-bond acceptors (Lipinski definition) is 7. The predicted octanol–water partition coefficient (Wildman–Crippen LogP) is 4.35. The van der Waals surface area contributed by atoms with Crippen molar-refractivity contribution in [2.75, 3.05) is 33.4 Å². The average Bonchev–Trinajstić information content (AvgIpc) is 3.47. The Morgan fingerprint density at radius 3 is 2.83 bits per heavy atom. The third kappa shape index (κ3) is 4.67. The molecule has 10 heteroatoms. The summed E-state index contributed by atoms with van der Waals surface area (Å²) in [5.74, 6) is -0.403. The Labute approximate surface area is 207 Å². The molecule has 5 rings (SSSR count). The van der Waals surface area contributed by atoms with Crippen LogP contribution >= 0.6 is 11.8 Å². The Morgan fingerprint density at radius 2 is 2.09 bits per heavy atom. The molecular formula is C25H26FN7OS. The van der Waals surface area contributed by atoms with Crippen LogP contribution in [0.2, 0.25) is 0 Å². The molecule has 35 heavy (non-hydrogen) atoms. The number of halogens is 1. The minimum absolute atomic E-state index is 0.254. The van der Waals surface area contributed by atoms with E-state index in [1.54, 1.807) is 23.9 Å². The van der Waals surface area contributed by atoms with E-state index in [1.165, 1.54) is 24.0 Å². The summed E-state index contributed by atoms with van der Waals surface area (Å²) >= 11 is 1.19. The lowest BCUT2D eigenvalue weighted by Crippen LogP contribution is -2.37. The molecule has 8 nitrogen and oxygen atoms in total. The number of piperidine rings is 1. The Hall–Kier alpha value is -3.26. The number of nitrogens with zero attached hydrogens (tertiary/aromatic N) is 7. The fourth-order valence-corrected chi connectivity index (χ4v) is 5.60. The Morgan fingerprint density at radius 1 is 1.26 bits per heavy atom. The maximum absolute atomic E-state index is 14.4. The number of fused-ring (bicyclic) bond motifs is 1. The van der Waals surface area contributed by atoms with Crippen molar-refractivity contribution in [2.45, 2.75) is 35.7 Å². The highest BCUT2D eigenvalue weighted by atomic mass is 32.2. The highest BCUT2D eigenvalue weighted by Gasteiger charge is 2.24. The predicted molar refractivity (Wildman–Crippen MR) is 131 cm³/mol. The number of ether oxygens (including phenoxy) is 1. The summed E-state index contributed by atoms with van der Waals surface area (Å²) in [6.45, 7) is 5.84. The highest BCUT2D eigenvalue weighted by molar-refractivity contribution is 7.99.